The summed E-state index contributed by atoms with van der Waals surface area (Å²) in [6.07, 6.45) is 2.93. The van der Waals surface area contributed by atoms with Gasteiger partial charge < -0.3 is 10.2 Å². The molecular weight excluding hydrogens is 288 g/mol. The van der Waals surface area contributed by atoms with Gasteiger partial charge >= 0.3 is 0 Å². The fourth-order valence-corrected chi connectivity index (χ4v) is 2.25. The summed E-state index contributed by atoms with van der Waals surface area (Å²) in [6.45, 7) is 9.29. The highest BCUT2D eigenvalue weighted by Gasteiger charge is 2.06. The van der Waals surface area contributed by atoms with Gasteiger partial charge in [-0.3, -0.25) is 4.79 Å². The average Bonchev–Trinajstić information content (AvgIpc) is 2.53. The second kappa shape index (κ2) is 8.64. The SMILES string of the molecule is [C-]#[N+]CCCCc1ccc(NC(=O)Cc2cccc(C)c2)nn1. The molecule has 5 heteroatoms. The van der Waals surface area contributed by atoms with Crippen molar-refractivity contribution in [1.29, 1.82) is 0 Å². The zero-order valence-electron chi connectivity index (χ0n) is 13.2. The van der Waals surface area contributed by atoms with E-state index in [1.807, 2.05) is 37.3 Å². The molecule has 0 saturated carbocycles. The molecule has 0 aliphatic rings. The van der Waals surface area contributed by atoms with Gasteiger partial charge in [-0.15, -0.1) is 5.10 Å². The first kappa shape index (κ1) is 16.6. The second-order valence-corrected chi connectivity index (χ2v) is 5.46. The van der Waals surface area contributed by atoms with Crippen molar-refractivity contribution in [1.82, 2.24) is 10.2 Å². The molecule has 5 nitrogen and oxygen atoms in total. The fraction of sp³-hybridized carbons (Fsp3) is 0.333. The average molecular weight is 308 g/mol. The summed E-state index contributed by atoms with van der Waals surface area (Å²) in [4.78, 5) is 15.3. The van der Waals surface area contributed by atoms with E-state index in [-0.39, 0.29) is 5.91 Å². The third-order valence-electron chi connectivity index (χ3n) is 3.39. The Hall–Kier alpha value is -2.74. The van der Waals surface area contributed by atoms with Gasteiger partial charge in [-0.25, -0.2) is 6.57 Å². The van der Waals surface area contributed by atoms with Crippen LogP contribution < -0.4 is 5.32 Å². The van der Waals surface area contributed by atoms with Gasteiger partial charge in [0.25, 0.3) is 0 Å². The van der Waals surface area contributed by atoms with Crippen molar-refractivity contribution >= 4 is 11.7 Å². The third-order valence-corrected chi connectivity index (χ3v) is 3.39. The van der Waals surface area contributed by atoms with E-state index in [9.17, 15) is 4.79 Å². The smallest absolute Gasteiger partial charge is 0.229 e. The molecule has 0 spiro atoms. The molecule has 1 heterocycles. The summed E-state index contributed by atoms with van der Waals surface area (Å²) in [7, 11) is 0. The molecule has 0 radical (unpaired) electrons. The number of anilines is 1. The van der Waals surface area contributed by atoms with Crippen molar-refractivity contribution in [2.75, 3.05) is 11.9 Å². The summed E-state index contributed by atoms with van der Waals surface area (Å²) in [5, 5.41) is 10.9. The van der Waals surface area contributed by atoms with Crippen LogP contribution in [0.5, 0.6) is 0 Å². The normalized spacial score (nSPS) is 10.1. The van der Waals surface area contributed by atoms with Gasteiger partial charge in [0.05, 0.1) is 12.1 Å². The fourth-order valence-electron chi connectivity index (χ4n) is 2.25. The molecule has 0 bridgehead atoms. The van der Waals surface area contributed by atoms with E-state index in [0.29, 0.717) is 18.8 Å². The summed E-state index contributed by atoms with van der Waals surface area (Å²) >= 11 is 0. The molecular formula is C18H20N4O. The maximum atomic E-state index is 12.0. The minimum Gasteiger partial charge on any atom is -0.317 e. The van der Waals surface area contributed by atoms with Crippen molar-refractivity contribution in [2.24, 2.45) is 0 Å². The Kier molecular flexibility index (Phi) is 6.25. The zero-order valence-corrected chi connectivity index (χ0v) is 13.2. The lowest BCUT2D eigenvalue weighted by Crippen LogP contribution is -2.16. The zero-order chi connectivity index (χ0) is 16.5. The molecule has 23 heavy (non-hydrogen) atoms. The van der Waals surface area contributed by atoms with Gasteiger partial charge in [0.2, 0.25) is 12.5 Å². The number of aromatic nitrogens is 2. The van der Waals surface area contributed by atoms with Crippen LogP contribution in [-0.4, -0.2) is 22.6 Å². The number of nitrogens with zero attached hydrogens (tertiary/aromatic N) is 3. The molecule has 1 N–H and O–H groups in total. The van der Waals surface area contributed by atoms with E-state index in [0.717, 1.165) is 36.1 Å². The molecule has 0 saturated heterocycles. The van der Waals surface area contributed by atoms with Crippen molar-refractivity contribution in [2.45, 2.75) is 32.6 Å². The maximum Gasteiger partial charge on any atom is 0.229 e. The number of carbonyl (C=O) groups excluding carboxylic acids is 1. The molecule has 1 amide bonds. The van der Waals surface area contributed by atoms with Crippen LogP contribution in [0.2, 0.25) is 0 Å². The maximum absolute atomic E-state index is 12.0. The van der Waals surface area contributed by atoms with Gasteiger partial charge in [-0.2, -0.15) is 5.10 Å². The number of unbranched alkanes of at least 4 members (excludes halogenated alkanes) is 1. The van der Waals surface area contributed by atoms with Gasteiger partial charge in [-0.1, -0.05) is 29.8 Å². The Labute approximate surface area is 136 Å². The highest BCUT2D eigenvalue weighted by Crippen LogP contribution is 2.08. The molecule has 2 aromatic rings. The number of aryl methyl sites for hydroxylation is 2. The van der Waals surface area contributed by atoms with Crippen molar-refractivity contribution in [3.05, 3.63) is 64.6 Å². The number of hydrogen-bond acceptors (Lipinski definition) is 3. The quantitative estimate of drug-likeness (QED) is 0.631. The van der Waals surface area contributed by atoms with Gasteiger partial charge in [0, 0.05) is 6.42 Å². The van der Waals surface area contributed by atoms with E-state index in [1.54, 1.807) is 6.07 Å². The molecule has 0 aliphatic heterocycles. The highest BCUT2D eigenvalue weighted by molar-refractivity contribution is 5.91. The predicted octanol–water partition coefficient (Wildman–Crippen LogP) is 3.21. The van der Waals surface area contributed by atoms with Crippen LogP contribution in [0.3, 0.4) is 0 Å². The van der Waals surface area contributed by atoms with Crippen LogP contribution in [0.25, 0.3) is 4.85 Å². The van der Waals surface area contributed by atoms with Gasteiger partial charge in [0.15, 0.2) is 5.82 Å². The number of carbonyl (C=O) groups is 1. The minimum atomic E-state index is -0.102. The number of hydrogen-bond donors (Lipinski definition) is 1. The molecule has 0 atom stereocenters. The summed E-state index contributed by atoms with van der Waals surface area (Å²) in [6, 6.07) is 11.5. The van der Waals surface area contributed by atoms with E-state index in [1.165, 1.54) is 0 Å². The van der Waals surface area contributed by atoms with Crippen molar-refractivity contribution in [3.63, 3.8) is 0 Å². The van der Waals surface area contributed by atoms with E-state index >= 15 is 0 Å². The standard InChI is InChI=1S/C18H20N4O/c1-14-6-5-7-15(12-14)13-18(23)20-17-10-9-16(21-22-17)8-3-4-11-19-2/h5-7,9-10,12H,3-4,8,11,13H2,1H3,(H,20,22,23). The number of amides is 1. The largest absolute Gasteiger partial charge is 0.317 e. The molecule has 0 unspecified atom stereocenters. The summed E-state index contributed by atoms with van der Waals surface area (Å²) < 4.78 is 0. The Morgan fingerprint density at radius 2 is 2.09 bits per heavy atom. The summed E-state index contributed by atoms with van der Waals surface area (Å²) in [5.41, 5.74) is 3.00. The van der Waals surface area contributed by atoms with Crippen LogP contribution in [0.1, 0.15) is 29.7 Å². The number of rotatable bonds is 7. The molecule has 118 valence electrons. The summed E-state index contributed by atoms with van der Waals surface area (Å²) in [5.74, 6) is 0.363. The monoisotopic (exact) mass is 308 g/mol. The van der Waals surface area contributed by atoms with Crippen LogP contribution >= 0.6 is 0 Å². The number of nitrogens with one attached hydrogen (secondary N) is 1. The van der Waals surface area contributed by atoms with E-state index in [2.05, 4.69) is 20.4 Å². The first-order valence-corrected chi connectivity index (χ1v) is 7.68. The van der Waals surface area contributed by atoms with Crippen molar-refractivity contribution in [3.8, 4) is 0 Å². The lowest BCUT2D eigenvalue weighted by atomic mass is 10.1. The Morgan fingerprint density at radius 1 is 1.22 bits per heavy atom. The Balaban J connectivity index is 1.83. The van der Waals surface area contributed by atoms with Crippen LogP contribution in [0.15, 0.2) is 36.4 Å². The van der Waals surface area contributed by atoms with Crippen LogP contribution in [0, 0.1) is 13.5 Å². The van der Waals surface area contributed by atoms with E-state index in [4.69, 9.17) is 6.57 Å². The lowest BCUT2D eigenvalue weighted by Gasteiger charge is -2.05. The first-order chi connectivity index (χ1) is 11.2. The first-order valence-electron chi connectivity index (χ1n) is 7.68. The minimum absolute atomic E-state index is 0.102. The van der Waals surface area contributed by atoms with Crippen molar-refractivity contribution < 1.29 is 4.79 Å². The lowest BCUT2D eigenvalue weighted by molar-refractivity contribution is -0.115. The highest BCUT2D eigenvalue weighted by atomic mass is 16.1. The molecule has 1 aromatic carbocycles. The van der Waals surface area contributed by atoms with Gasteiger partial charge in [0.1, 0.15) is 0 Å². The van der Waals surface area contributed by atoms with Gasteiger partial charge in [-0.05, 0) is 37.5 Å². The molecule has 1 aromatic heterocycles. The third kappa shape index (κ3) is 5.87. The molecule has 0 aliphatic carbocycles. The topological polar surface area (TPSA) is 59.2 Å². The van der Waals surface area contributed by atoms with Crippen LogP contribution in [-0.2, 0) is 17.6 Å². The molecule has 0 fully saturated rings. The second-order valence-electron chi connectivity index (χ2n) is 5.46. The van der Waals surface area contributed by atoms with Crippen LogP contribution in [0.4, 0.5) is 5.82 Å². The Morgan fingerprint density at radius 3 is 2.78 bits per heavy atom. The van der Waals surface area contributed by atoms with E-state index < -0.39 is 0 Å². The number of benzene rings is 1. The predicted molar refractivity (Wildman–Crippen MR) is 90.0 cm³/mol. The molecule has 2 rings (SSSR count). The Bertz CT molecular complexity index is 689.